The van der Waals surface area contributed by atoms with Crippen molar-refractivity contribution >= 4 is 0 Å². The van der Waals surface area contributed by atoms with Gasteiger partial charge in [-0.15, -0.1) is 0 Å². The summed E-state index contributed by atoms with van der Waals surface area (Å²) in [6, 6.07) is 6.42. The number of benzene rings is 1. The first-order valence-corrected chi connectivity index (χ1v) is 4.70. The van der Waals surface area contributed by atoms with Crippen LogP contribution in [-0.4, -0.2) is 14.2 Å². The molecule has 0 fully saturated rings. The Morgan fingerprint density at radius 2 is 1.62 bits per heavy atom. The summed E-state index contributed by atoms with van der Waals surface area (Å²) in [4.78, 5) is 22.0. The van der Waals surface area contributed by atoms with E-state index in [2.05, 4.69) is 0 Å². The van der Waals surface area contributed by atoms with Gasteiger partial charge in [-0.3, -0.25) is 9.59 Å². The van der Waals surface area contributed by atoms with E-state index in [1.165, 1.54) is 20.3 Å². The fourth-order valence-electron chi connectivity index (χ4n) is 1.54. The summed E-state index contributed by atoms with van der Waals surface area (Å²) in [6.45, 7) is 0. The summed E-state index contributed by atoms with van der Waals surface area (Å²) in [5, 5.41) is 0. The molecule has 16 heavy (non-hydrogen) atoms. The molecule has 0 saturated carbocycles. The Bertz CT molecular complexity index is 591. The van der Waals surface area contributed by atoms with Gasteiger partial charge >= 0.3 is 0 Å². The summed E-state index contributed by atoms with van der Waals surface area (Å²) in [5.41, 5.74) is 0.185. The normalized spacial score (nSPS) is 10.4. The van der Waals surface area contributed by atoms with Crippen LogP contribution < -0.4 is 20.3 Å². The predicted molar refractivity (Wildman–Crippen MR) is 59.9 cm³/mol. The molecule has 0 atom stereocenters. The molecule has 4 heteroatoms. The average molecular weight is 218 g/mol. The Balaban J connectivity index is 2.49. The van der Waals surface area contributed by atoms with Gasteiger partial charge in [0.2, 0.25) is 10.9 Å². The van der Waals surface area contributed by atoms with E-state index in [9.17, 15) is 9.59 Å². The van der Waals surface area contributed by atoms with Gasteiger partial charge in [-0.1, -0.05) is 6.07 Å². The Morgan fingerprint density at radius 3 is 2.12 bits per heavy atom. The molecule has 0 aliphatic carbocycles. The minimum Gasteiger partial charge on any atom is -0.493 e. The molecule has 0 aromatic heterocycles. The third-order valence-corrected chi connectivity index (χ3v) is 2.44. The summed E-state index contributed by atoms with van der Waals surface area (Å²) in [5.74, 6) is 1.12. The van der Waals surface area contributed by atoms with Gasteiger partial charge in [0, 0.05) is 11.6 Å². The summed E-state index contributed by atoms with van der Waals surface area (Å²) in [6.07, 6.45) is 0. The van der Waals surface area contributed by atoms with E-state index in [0.717, 1.165) is 0 Å². The lowest BCUT2D eigenvalue weighted by Gasteiger charge is -2.09. The van der Waals surface area contributed by atoms with E-state index in [-0.39, 0.29) is 0 Å². The number of ether oxygens (including phenoxy) is 2. The largest absolute Gasteiger partial charge is 0.493 e. The van der Waals surface area contributed by atoms with Crippen molar-refractivity contribution in [2.45, 2.75) is 0 Å². The van der Waals surface area contributed by atoms with Crippen LogP contribution in [0.2, 0.25) is 0 Å². The minimum atomic E-state index is -0.454. The Labute approximate surface area is 91.7 Å². The molecule has 0 N–H and O–H groups in total. The minimum absolute atomic E-state index is 0.422. The van der Waals surface area contributed by atoms with Gasteiger partial charge in [-0.25, -0.2) is 0 Å². The van der Waals surface area contributed by atoms with Gasteiger partial charge in [0.15, 0.2) is 11.5 Å². The highest BCUT2D eigenvalue weighted by Crippen LogP contribution is 2.30. The van der Waals surface area contributed by atoms with Crippen LogP contribution >= 0.6 is 0 Å². The van der Waals surface area contributed by atoms with Crippen molar-refractivity contribution in [3.63, 3.8) is 0 Å². The second-order valence-electron chi connectivity index (χ2n) is 3.32. The van der Waals surface area contributed by atoms with E-state index < -0.39 is 10.9 Å². The lowest BCUT2D eigenvalue weighted by Crippen LogP contribution is -2.30. The molecule has 0 amide bonds. The Morgan fingerprint density at radius 1 is 0.938 bits per heavy atom. The second-order valence-corrected chi connectivity index (χ2v) is 3.32. The number of methoxy groups -OCH3 is 2. The molecule has 2 aromatic rings. The molecule has 0 unspecified atom stereocenters. The van der Waals surface area contributed by atoms with E-state index >= 15 is 0 Å². The van der Waals surface area contributed by atoms with Gasteiger partial charge in [0.1, 0.15) is 0 Å². The predicted octanol–water partition coefficient (Wildman–Crippen LogP) is 0.967. The van der Waals surface area contributed by atoms with Gasteiger partial charge in [-0.2, -0.15) is 0 Å². The number of hydrogen-bond acceptors (Lipinski definition) is 4. The van der Waals surface area contributed by atoms with Crippen LogP contribution in [0.1, 0.15) is 0 Å². The SMILES string of the molecule is COc1ccc(-c2cc(=O)c2=O)cc1OC. The monoisotopic (exact) mass is 218 g/mol. The van der Waals surface area contributed by atoms with Crippen molar-refractivity contribution < 1.29 is 9.47 Å². The first-order valence-electron chi connectivity index (χ1n) is 4.70. The third-order valence-electron chi connectivity index (χ3n) is 2.44. The molecule has 0 aliphatic rings. The second kappa shape index (κ2) is 3.81. The van der Waals surface area contributed by atoms with Crippen molar-refractivity contribution in [1.29, 1.82) is 0 Å². The first kappa shape index (κ1) is 10.4. The van der Waals surface area contributed by atoms with Crippen LogP contribution in [0.15, 0.2) is 33.9 Å². The van der Waals surface area contributed by atoms with E-state index in [1.54, 1.807) is 18.2 Å². The van der Waals surface area contributed by atoms with Gasteiger partial charge in [0.25, 0.3) is 0 Å². The molecule has 0 aliphatic heterocycles. The lowest BCUT2D eigenvalue weighted by atomic mass is 10.0. The van der Waals surface area contributed by atoms with Crippen LogP contribution in [-0.2, 0) is 0 Å². The van der Waals surface area contributed by atoms with Gasteiger partial charge < -0.3 is 9.47 Å². The standard InChI is InChI=1S/C12H10O4/c1-15-10-4-3-7(5-11(10)16-2)8-6-9(13)12(8)14/h3-6H,1-2H3. The van der Waals surface area contributed by atoms with Crippen molar-refractivity contribution in [2.24, 2.45) is 0 Å². The van der Waals surface area contributed by atoms with Crippen molar-refractivity contribution in [3.8, 4) is 22.6 Å². The van der Waals surface area contributed by atoms with Crippen LogP contribution in [0.4, 0.5) is 0 Å². The van der Waals surface area contributed by atoms with Crippen LogP contribution in [0.25, 0.3) is 11.1 Å². The fraction of sp³-hybridized carbons (Fsp3) is 0.167. The summed E-state index contributed by atoms with van der Waals surface area (Å²) < 4.78 is 10.2. The molecular formula is C12H10O4. The molecule has 2 aromatic carbocycles. The third kappa shape index (κ3) is 1.48. The number of rotatable bonds is 3. The zero-order chi connectivity index (χ0) is 11.7. The van der Waals surface area contributed by atoms with E-state index in [0.29, 0.717) is 22.6 Å². The topological polar surface area (TPSA) is 52.6 Å². The molecule has 0 spiro atoms. The maximum absolute atomic E-state index is 11.2. The summed E-state index contributed by atoms with van der Waals surface area (Å²) in [7, 11) is 3.05. The Kier molecular flexibility index (Phi) is 2.48. The van der Waals surface area contributed by atoms with Crippen molar-refractivity contribution in [2.75, 3.05) is 14.2 Å². The van der Waals surface area contributed by atoms with Crippen LogP contribution in [0, 0.1) is 0 Å². The highest BCUT2D eigenvalue weighted by atomic mass is 16.5. The smallest absolute Gasteiger partial charge is 0.233 e. The average Bonchev–Trinajstić information content (AvgIpc) is 2.34. The zero-order valence-electron chi connectivity index (χ0n) is 8.94. The molecule has 82 valence electrons. The maximum Gasteiger partial charge on any atom is 0.233 e. The van der Waals surface area contributed by atoms with E-state index in [4.69, 9.17) is 9.47 Å². The van der Waals surface area contributed by atoms with E-state index in [1.807, 2.05) is 0 Å². The van der Waals surface area contributed by atoms with Crippen molar-refractivity contribution in [3.05, 3.63) is 44.7 Å². The quantitative estimate of drug-likeness (QED) is 0.720. The van der Waals surface area contributed by atoms with Gasteiger partial charge in [0.05, 0.1) is 14.2 Å². The van der Waals surface area contributed by atoms with Crippen LogP contribution in [0.5, 0.6) is 11.5 Å². The molecule has 4 nitrogen and oxygen atoms in total. The number of hydrogen-bond donors (Lipinski definition) is 0. The molecule has 2 rings (SSSR count). The molecular weight excluding hydrogens is 208 g/mol. The highest BCUT2D eigenvalue weighted by Gasteiger charge is 2.13. The van der Waals surface area contributed by atoms with Gasteiger partial charge in [-0.05, 0) is 17.7 Å². The lowest BCUT2D eigenvalue weighted by molar-refractivity contribution is 0.355. The first-order chi connectivity index (χ1) is 7.67. The van der Waals surface area contributed by atoms with Crippen molar-refractivity contribution in [1.82, 2.24) is 0 Å². The summed E-state index contributed by atoms with van der Waals surface area (Å²) >= 11 is 0. The van der Waals surface area contributed by atoms with Crippen LogP contribution in [0.3, 0.4) is 0 Å². The molecule has 0 bridgehead atoms. The molecule has 0 saturated heterocycles. The molecule has 0 heterocycles. The molecule has 0 radical (unpaired) electrons. The highest BCUT2D eigenvalue weighted by molar-refractivity contribution is 5.68. The fourth-order valence-corrected chi connectivity index (χ4v) is 1.54. The Hall–Kier alpha value is -2.10. The zero-order valence-corrected chi connectivity index (χ0v) is 8.94. The maximum atomic E-state index is 11.2.